The van der Waals surface area contributed by atoms with Gasteiger partial charge in [-0.3, -0.25) is 0 Å². The molecule has 2 rings (SSSR count). The van der Waals surface area contributed by atoms with E-state index in [2.05, 4.69) is 29.6 Å². The number of hydrogen-bond donors (Lipinski definition) is 1. The van der Waals surface area contributed by atoms with Crippen LogP contribution in [0.3, 0.4) is 0 Å². The van der Waals surface area contributed by atoms with Crippen molar-refractivity contribution in [1.82, 2.24) is 5.32 Å². The van der Waals surface area contributed by atoms with Crippen LogP contribution in [-0.4, -0.2) is 38.3 Å². The van der Waals surface area contributed by atoms with Crippen LogP contribution in [0, 0.1) is 0 Å². The third-order valence-corrected chi connectivity index (χ3v) is 5.82. The Morgan fingerprint density at radius 2 is 2.06 bits per heavy atom. The van der Waals surface area contributed by atoms with Crippen molar-refractivity contribution in [2.24, 2.45) is 0 Å². The third kappa shape index (κ3) is 4.63. The fraction of sp³-hybridized carbons (Fsp3) is 0.538. The van der Waals surface area contributed by atoms with E-state index >= 15 is 0 Å². The Hall–Kier alpha value is -0.520. The molecule has 1 aliphatic rings. The molecule has 1 unspecified atom stereocenters. The number of rotatable bonds is 6. The number of benzene rings is 1. The van der Waals surface area contributed by atoms with Gasteiger partial charge in [0.2, 0.25) is 0 Å². The molecule has 18 heavy (non-hydrogen) atoms. The molecule has 0 bridgehead atoms. The smallest absolute Gasteiger partial charge is 0.151 e. The van der Waals surface area contributed by atoms with Crippen molar-refractivity contribution in [2.75, 3.05) is 23.8 Å². The SMILES string of the molecule is O=S1(=O)CCC(NCCSCc2ccccc2)C1. The summed E-state index contributed by atoms with van der Waals surface area (Å²) in [5.41, 5.74) is 1.34. The van der Waals surface area contributed by atoms with E-state index in [1.807, 2.05) is 17.8 Å². The second kappa shape index (κ2) is 6.59. The van der Waals surface area contributed by atoms with E-state index in [0.29, 0.717) is 11.5 Å². The average molecular weight is 285 g/mol. The summed E-state index contributed by atoms with van der Waals surface area (Å²) in [6.45, 7) is 0.887. The Labute approximate surface area is 113 Å². The number of thioether (sulfide) groups is 1. The van der Waals surface area contributed by atoms with Gasteiger partial charge in [-0.2, -0.15) is 11.8 Å². The lowest BCUT2D eigenvalue weighted by Crippen LogP contribution is -2.31. The van der Waals surface area contributed by atoms with Crippen molar-refractivity contribution in [3.63, 3.8) is 0 Å². The molecule has 0 spiro atoms. The maximum atomic E-state index is 11.3. The number of sulfone groups is 1. The first kappa shape index (κ1) is 13.9. The zero-order valence-corrected chi connectivity index (χ0v) is 12.0. The van der Waals surface area contributed by atoms with E-state index in [9.17, 15) is 8.42 Å². The van der Waals surface area contributed by atoms with E-state index in [1.54, 1.807) is 0 Å². The molecule has 0 amide bonds. The van der Waals surface area contributed by atoms with Crippen LogP contribution in [0.25, 0.3) is 0 Å². The summed E-state index contributed by atoms with van der Waals surface area (Å²) in [5.74, 6) is 2.70. The molecule has 1 atom stereocenters. The van der Waals surface area contributed by atoms with Crippen LogP contribution >= 0.6 is 11.8 Å². The van der Waals surface area contributed by atoms with Crippen molar-refractivity contribution in [3.05, 3.63) is 35.9 Å². The van der Waals surface area contributed by atoms with Gasteiger partial charge in [0.1, 0.15) is 0 Å². The molecular weight excluding hydrogens is 266 g/mol. The maximum absolute atomic E-state index is 11.3. The minimum atomic E-state index is -2.75. The van der Waals surface area contributed by atoms with Gasteiger partial charge < -0.3 is 5.32 Å². The van der Waals surface area contributed by atoms with E-state index in [4.69, 9.17) is 0 Å². The van der Waals surface area contributed by atoms with Gasteiger partial charge in [0.15, 0.2) is 9.84 Å². The highest BCUT2D eigenvalue weighted by molar-refractivity contribution is 7.98. The second-order valence-corrected chi connectivity index (χ2v) is 7.93. The molecule has 1 N–H and O–H groups in total. The Morgan fingerprint density at radius 1 is 1.28 bits per heavy atom. The molecular formula is C13H19NO2S2. The predicted molar refractivity (Wildman–Crippen MR) is 77.7 cm³/mol. The second-order valence-electron chi connectivity index (χ2n) is 4.59. The van der Waals surface area contributed by atoms with Gasteiger partial charge in [-0.25, -0.2) is 8.42 Å². The van der Waals surface area contributed by atoms with Crippen molar-refractivity contribution >= 4 is 21.6 Å². The molecule has 1 aromatic rings. The van der Waals surface area contributed by atoms with E-state index in [0.717, 1.165) is 24.5 Å². The molecule has 1 saturated heterocycles. The molecule has 0 radical (unpaired) electrons. The Balaban J connectivity index is 1.57. The van der Waals surface area contributed by atoms with Crippen LogP contribution in [0.1, 0.15) is 12.0 Å². The highest BCUT2D eigenvalue weighted by Gasteiger charge is 2.26. The quantitative estimate of drug-likeness (QED) is 0.808. The predicted octanol–water partition coefficient (Wildman–Crippen LogP) is 1.70. The highest BCUT2D eigenvalue weighted by atomic mass is 32.2. The maximum Gasteiger partial charge on any atom is 0.151 e. The summed E-state index contributed by atoms with van der Waals surface area (Å²) in [5, 5.41) is 3.32. The monoisotopic (exact) mass is 285 g/mol. The van der Waals surface area contributed by atoms with Crippen LogP contribution in [-0.2, 0) is 15.6 Å². The Kier molecular flexibility index (Phi) is 5.09. The molecule has 0 aromatic heterocycles. The summed E-state index contributed by atoms with van der Waals surface area (Å²) < 4.78 is 22.5. The molecule has 1 aromatic carbocycles. The van der Waals surface area contributed by atoms with Crippen LogP contribution in [0.4, 0.5) is 0 Å². The van der Waals surface area contributed by atoms with Gasteiger partial charge in [0, 0.05) is 24.1 Å². The fourth-order valence-corrected chi connectivity index (χ4v) is 4.60. The zero-order valence-electron chi connectivity index (χ0n) is 10.3. The van der Waals surface area contributed by atoms with Crippen molar-refractivity contribution in [2.45, 2.75) is 18.2 Å². The lowest BCUT2D eigenvalue weighted by atomic mass is 10.2. The van der Waals surface area contributed by atoms with Gasteiger partial charge in [-0.1, -0.05) is 30.3 Å². The molecule has 0 aliphatic carbocycles. The minimum Gasteiger partial charge on any atom is -0.312 e. The molecule has 100 valence electrons. The first-order valence-corrected chi connectivity index (χ1v) is 9.19. The third-order valence-electron chi connectivity index (χ3n) is 3.02. The number of nitrogens with one attached hydrogen (secondary N) is 1. The van der Waals surface area contributed by atoms with Crippen LogP contribution < -0.4 is 5.32 Å². The van der Waals surface area contributed by atoms with E-state index in [-0.39, 0.29) is 6.04 Å². The summed E-state index contributed by atoms with van der Waals surface area (Å²) in [7, 11) is -2.75. The Morgan fingerprint density at radius 3 is 2.72 bits per heavy atom. The fourth-order valence-electron chi connectivity index (χ4n) is 2.06. The first-order chi connectivity index (χ1) is 8.66. The van der Waals surface area contributed by atoms with Gasteiger partial charge in [-0.05, 0) is 12.0 Å². The van der Waals surface area contributed by atoms with Crippen molar-refractivity contribution < 1.29 is 8.42 Å². The van der Waals surface area contributed by atoms with Gasteiger partial charge in [0.05, 0.1) is 11.5 Å². The van der Waals surface area contributed by atoms with Crippen molar-refractivity contribution in [1.29, 1.82) is 0 Å². The average Bonchev–Trinajstić information content (AvgIpc) is 2.70. The minimum absolute atomic E-state index is 0.173. The molecule has 1 aliphatic heterocycles. The first-order valence-electron chi connectivity index (χ1n) is 6.21. The van der Waals surface area contributed by atoms with Crippen LogP contribution in [0.2, 0.25) is 0 Å². The number of hydrogen-bond acceptors (Lipinski definition) is 4. The lowest BCUT2D eigenvalue weighted by molar-refractivity contribution is 0.575. The molecule has 1 fully saturated rings. The molecule has 3 nitrogen and oxygen atoms in total. The standard InChI is InChI=1S/C13H19NO2S2/c15-18(16)9-6-13(11-18)14-7-8-17-10-12-4-2-1-3-5-12/h1-5,13-14H,6-11H2. The van der Waals surface area contributed by atoms with Crippen LogP contribution in [0.5, 0.6) is 0 Å². The molecule has 0 saturated carbocycles. The summed E-state index contributed by atoms with van der Waals surface area (Å²) in [4.78, 5) is 0. The van der Waals surface area contributed by atoms with Crippen molar-refractivity contribution in [3.8, 4) is 0 Å². The molecule has 5 heteroatoms. The lowest BCUT2D eigenvalue weighted by Gasteiger charge is -2.10. The topological polar surface area (TPSA) is 46.2 Å². The Bertz CT molecular complexity index is 459. The highest BCUT2D eigenvalue weighted by Crippen LogP contribution is 2.13. The van der Waals surface area contributed by atoms with Gasteiger partial charge in [-0.15, -0.1) is 0 Å². The summed E-state index contributed by atoms with van der Waals surface area (Å²) in [6.07, 6.45) is 0.770. The van der Waals surface area contributed by atoms with E-state index in [1.165, 1.54) is 5.56 Å². The van der Waals surface area contributed by atoms with Crippen LogP contribution in [0.15, 0.2) is 30.3 Å². The molecule has 1 heterocycles. The van der Waals surface area contributed by atoms with Gasteiger partial charge >= 0.3 is 0 Å². The van der Waals surface area contributed by atoms with Gasteiger partial charge in [0.25, 0.3) is 0 Å². The summed E-state index contributed by atoms with van der Waals surface area (Å²) >= 11 is 1.88. The largest absolute Gasteiger partial charge is 0.312 e. The summed E-state index contributed by atoms with van der Waals surface area (Å²) in [6, 6.07) is 10.6. The normalized spacial score (nSPS) is 22.1. The van der Waals surface area contributed by atoms with E-state index < -0.39 is 9.84 Å². The zero-order chi connectivity index (χ0) is 12.8.